The first-order valence-electron chi connectivity index (χ1n) is 18.1. The number of fused-ring (bicyclic) bond motifs is 6. The Morgan fingerprint density at radius 2 is 1.47 bits per heavy atom. The zero-order chi connectivity index (χ0) is 33.6. The summed E-state index contributed by atoms with van der Waals surface area (Å²) in [5, 5.41) is 4.38. The molecular weight excluding hydrogens is 548 g/mol. The minimum Gasteiger partial charge on any atom is -0.308 e. The molecule has 4 heteroatoms. The van der Waals surface area contributed by atoms with Crippen molar-refractivity contribution < 1.29 is 0 Å². The molecule has 2 aliphatic heterocycles. The van der Waals surface area contributed by atoms with E-state index in [1.54, 1.807) is 5.57 Å². The Balaban J connectivity index is 1.31. The Kier molecular flexibility index (Phi) is 6.94. The predicted octanol–water partition coefficient (Wildman–Crippen LogP) is 9.79. The summed E-state index contributed by atoms with van der Waals surface area (Å²) in [7, 11) is 0. The molecule has 4 N–H and O–H groups in total. The molecule has 6 rings (SSSR count). The Bertz CT molecular complexity index is 1460. The molecule has 5 aliphatic rings. The first kappa shape index (κ1) is 33.1. The van der Waals surface area contributed by atoms with E-state index in [0.29, 0.717) is 17.8 Å². The Labute approximate surface area is 276 Å². The van der Waals surface area contributed by atoms with E-state index in [-0.39, 0.29) is 43.6 Å². The molecule has 250 valence electrons. The quantitative estimate of drug-likeness (QED) is 0.333. The fourth-order valence-corrected chi connectivity index (χ4v) is 12.0. The average molecular weight is 615 g/mol. The van der Waals surface area contributed by atoms with Gasteiger partial charge >= 0.3 is 0 Å². The maximum atomic E-state index is 7.17. The third-order valence-electron chi connectivity index (χ3n) is 16.1. The number of hydrazine groups is 2. The first-order valence-corrected chi connectivity index (χ1v) is 18.1. The summed E-state index contributed by atoms with van der Waals surface area (Å²) in [4.78, 5) is 0. The van der Waals surface area contributed by atoms with E-state index in [4.69, 9.17) is 11.7 Å². The van der Waals surface area contributed by atoms with Gasteiger partial charge in [-0.3, -0.25) is 0 Å². The van der Waals surface area contributed by atoms with Crippen LogP contribution < -0.4 is 16.7 Å². The van der Waals surface area contributed by atoms with Crippen LogP contribution in [-0.4, -0.2) is 16.1 Å². The van der Waals surface area contributed by atoms with Crippen molar-refractivity contribution in [1.82, 2.24) is 5.01 Å². The Morgan fingerprint density at radius 1 is 0.844 bits per heavy atom. The van der Waals surface area contributed by atoms with Crippen LogP contribution in [0.3, 0.4) is 0 Å². The molecule has 7 atom stereocenters. The predicted molar refractivity (Wildman–Crippen MR) is 191 cm³/mol. The molecule has 45 heavy (non-hydrogen) atoms. The number of benzene rings is 1. The molecule has 1 aromatic rings. The van der Waals surface area contributed by atoms with Gasteiger partial charge in [-0.2, -0.15) is 0 Å². The maximum absolute atomic E-state index is 7.17. The van der Waals surface area contributed by atoms with Crippen molar-refractivity contribution in [3.05, 3.63) is 52.7 Å². The zero-order valence-electron chi connectivity index (χ0n) is 31.4. The van der Waals surface area contributed by atoms with Gasteiger partial charge in [0.15, 0.2) is 0 Å². The molecule has 7 unspecified atom stereocenters. The van der Waals surface area contributed by atoms with Crippen LogP contribution in [0.4, 0.5) is 5.69 Å². The summed E-state index contributed by atoms with van der Waals surface area (Å²) < 4.78 is 0. The molecule has 0 amide bonds. The first-order chi connectivity index (χ1) is 20.4. The lowest BCUT2D eigenvalue weighted by Crippen LogP contribution is -2.68. The molecule has 0 aromatic heterocycles. The highest BCUT2D eigenvalue weighted by molar-refractivity contribution is 5.67. The Hall–Kier alpha value is -1.78. The molecule has 0 spiro atoms. The van der Waals surface area contributed by atoms with Gasteiger partial charge in [0.05, 0.1) is 16.8 Å². The van der Waals surface area contributed by atoms with E-state index < -0.39 is 0 Å². The molecule has 2 saturated carbocycles. The van der Waals surface area contributed by atoms with Gasteiger partial charge in [-0.15, -0.1) is 0 Å². The van der Waals surface area contributed by atoms with Gasteiger partial charge in [-0.1, -0.05) is 107 Å². The van der Waals surface area contributed by atoms with Gasteiger partial charge in [0, 0.05) is 22.4 Å². The van der Waals surface area contributed by atoms with Crippen LogP contribution in [0.15, 0.2) is 41.6 Å². The summed E-state index contributed by atoms with van der Waals surface area (Å²) >= 11 is 0. The number of allylic oxidation sites excluding steroid dienone is 4. The smallest absolute Gasteiger partial charge is 0.0653 e. The van der Waals surface area contributed by atoms with Crippen LogP contribution in [0.2, 0.25) is 0 Å². The van der Waals surface area contributed by atoms with E-state index in [0.717, 1.165) is 6.42 Å². The lowest BCUT2D eigenvalue weighted by molar-refractivity contribution is -0.155. The summed E-state index contributed by atoms with van der Waals surface area (Å²) in [5.41, 5.74) is 7.52. The monoisotopic (exact) mass is 615 g/mol. The summed E-state index contributed by atoms with van der Waals surface area (Å²) in [6.45, 7) is 34.5. The van der Waals surface area contributed by atoms with Gasteiger partial charge < -0.3 is 10.0 Å². The minimum atomic E-state index is -0.0978. The molecule has 0 radical (unpaired) electrons. The molecule has 3 fully saturated rings. The number of rotatable bonds is 3. The molecule has 3 aliphatic carbocycles. The second-order valence-corrected chi connectivity index (χ2v) is 20.1. The molecule has 1 aromatic carbocycles. The van der Waals surface area contributed by atoms with E-state index in [9.17, 15) is 0 Å². The third kappa shape index (κ3) is 3.97. The largest absolute Gasteiger partial charge is 0.308 e. The normalized spacial score (nSPS) is 40.3. The SMILES string of the molecule is CC1CC(CC(C)(C)C2=CC=C3C(C2)C2(C)C(C)(C)CCC(C)(C)C2(C)N3N)CC2(C)c3cc(C(C)(C)C)ccc3N(N)C12C. The maximum Gasteiger partial charge on any atom is 0.0653 e. The van der Waals surface area contributed by atoms with E-state index >= 15 is 0 Å². The van der Waals surface area contributed by atoms with Gasteiger partial charge in [0.1, 0.15) is 0 Å². The topological polar surface area (TPSA) is 58.5 Å². The molecule has 1 saturated heterocycles. The summed E-state index contributed by atoms with van der Waals surface area (Å²) in [6, 6.07) is 7.11. The van der Waals surface area contributed by atoms with E-state index in [1.165, 1.54) is 54.6 Å². The molecule has 4 nitrogen and oxygen atoms in total. The van der Waals surface area contributed by atoms with Crippen molar-refractivity contribution >= 4 is 5.69 Å². The van der Waals surface area contributed by atoms with Gasteiger partial charge in [0.25, 0.3) is 0 Å². The number of nitrogens with zero attached hydrogens (tertiary/aromatic N) is 2. The third-order valence-corrected chi connectivity index (χ3v) is 16.1. The second-order valence-electron chi connectivity index (χ2n) is 20.1. The van der Waals surface area contributed by atoms with Gasteiger partial charge in [0.2, 0.25) is 0 Å². The van der Waals surface area contributed by atoms with Crippen LogP contribution in [0.25, 0.3) is 0 Å². The van der Waals surface area contributed by atoms with Crippen molar-refractivity contribution in [2.45, 2.75) is 157 Å². The van der Waals surface area contributed by atoms with Crippen LogP contribution >= 0.6 is 0 Å². The van der Waals surface area contributed by atoms with Crippen LogP contribution in [0.5, 0.6) is 0 Å². The number of hydrogen-bond acceptors (Lipinski definition) is 4. The van der Waals surface area contributed by atoms with Crippen LogP contribution in [-0.2, 0) is 10.8 Å². The van der Waals surface area contributed by atoms with Crippen molar-refractivity contribution in [3.8, 4) is 0 Å². The Morgan fingerprint density at radius 3 is 2.09 bits per heavy atom. The standard InChI is InChI=1S/C41H66N4/c1-26-21-27(25-38(11)30-22-28(34(2,3)4)15-17-32(30)44(42)40(26,38)13)24-35(5,6)29-16-18-33-31(23-29)39(12)36(7,8)19-20-37(9,10)41(39,14)45(33)43/h15-18,22,26-27,31H,19-21,23-25,42-43H2,1-14H3. The van der Waals surface area contributed by atoms with Crippen molar-refractivity contribution in [3.63, 3.8) is 0 Å². The highest BCUT2D eigenvalue weighted by atomic mass is 15.5. The molecular formula is C41H66N4. The fourth-order valence-electron chi connectivity index (χ4n) is 12.0. The van der Waals surface area contributed by atoms with Crippen LogP contribution in [0.1, 0.15) is 147 Å². The molecule has 2 heterocycles. The van der Waals surface area contributed by atoms with Crippen molar-refractivity contribution in [1.29, 1.82) is 0 Å². The summed E-state index contributed by atoms with van der Waals surface area (Å²) in [5.74, 6) is 15.8. The lowest BCUT2D eigenvalue weighted by atomic mass is 9.41. The highest BCUT2D eigenvalue weighted by Gasteiger charge is 2.73. The fraction of sp³-hybridized carbons (Fsp3) is 0.756. The minimum absolute atomic E-state index is 0.00325. The van der Waals surface area contributed by atoms with Crippen molar-refractivity contribution in [2.75, 3.05) is 5.01 Å². The number of anilines is 1. The van der Waals surface area contributed by atoms with Crippen LogP contribution in [0, 0.1) is 39.4 Å². The number of hydrogen-bond donors (Lipinski definition) is 2. The number of nitrogens with two attached hydrogens (primary N) is 2. The van der Waals surface area contributed by atoms with Gasteiger partial charge in [-0.25, -0.2) is 11.7 Å². The van der Waals surface area contributed by atoms with Crippen molar-refractivity contribution in [2.24, 2.45) is 51.1 Å². The molecule has 0 bridgehead atoms. The summed E-state index contributed by atoms with van der Waals surface area (Å²) in [6.07, 6.45) is 12.1. The lowest BCUT2D eigenvalue weighted by Gasteiger charge is -2.65. The van der Waals surface area contributed by atoms with E-state index in [2.05, 4.69) is 137 Å². The van der Waals surface area contributed by atoms with E-state index in [1.807, 2.05) is 0 Å². The average Bonchev–Trinajstić information content (AvgIpc) is 3.24. The highest BCUT2D eigenvalue weighted by Crippen LogP contribution is 2.73. The van der Waals surface area contributed by atoms with Gasteiger partial charge in [-0.05, 0) is 109 Å². The zero-order valence-corrected chi connectivity index (χ0v) is 31.4. The second kappa shape index (κ2) is 9.43.